The molecular weight excluding hydrogens is 148 g/mol. The van der Waals surface area contributed by atoms with Gasteiger partial charge in [0.15, 0.2) is 0 Å². The third-order valence-electron chi connectivity index (χ3n) is 1.60. The molecule has 0 saturated heterocycles. The van der Waals surface area contributed by atoms with Crippen molar-refractivity contribution in [2.75, 3.05) is 0 Å². The van der Waals surface area contributed by atoms with Gasteiger partial charge in [-0.25, -0.2) is 0 Å². The van der Waals surface area contributed by atoms with Crippen LogP contribution in [-0.2, 0) is 0 Å². The van der Waals surface area contributed by atoms with Crippen LogP contribution >= 0.6 is 0 Å². The normalized spacial score (nSPS) is 16.9. The van der Waals surface area contributed by atoms with E-state index in [0.29, 0.717) is 6.04 Å². The second-order valence-electron chi connectivity index (χ2n) is 3.26. The first kappa shape index (κ1) is 8.91. The van der Waals surface area contributed by atoms with Crippen molar-refractivity contribution < 1.29 is 0 Å². The molecule has 1 aliphatic rings. The lowest BCUT2D eigenvalue weighted by molar-refractivity contribution is 0.679. The molecule has 0 atom stereocenters. The Morgan fingerprint density at radius 3 is 2.92 bits per heavy atom. The average molecular weight is 164 g/mol. The van der Waals surface area contributed by atoms with Crippen molar-refractivity contribution in [3.05, 3.63) is 35.7 Å². The molecule has 0 amide bonds. The van der Waals surface area contributed by atoms with E-state index >= 15 is 0 Å². The lowest BCUT2D eigenvalue weighted by Gasteiger charge is -2.09. The molecule has 2 nitrogen and oxygen atoms in total. The summed E-state index contributed by atoms with van der Waals surface area (Å²) in [7, 11) is 0. The van der Waals surface area contributed by atoms with E-state index in [1.807, 2.05) is 18.2 Å². The van der Waals surface area contributed by atoms with E-state index in [4.69, 9.17) is 5.73 Å². The van der Waals surface area contributed by atoms with Gasteiger partial charge in [-0.3, -0.25) is 0 Å². The Labute approximate surface area is 73.8 Å². The summed E-state index contributed by atoms with van der Waals surface area (Å²) in [6.45, 7) is 4.24. The monoisotopic (exact) mass is 164 g/mol. The minimum atomic E-state index is 0.472. The highest BCUT2D eigenvalue weighted by atomic mass is 14.9. The Morgan fingerprint density at radius 2 is 2.25 bits per heavy atom. The maximum absolute atomic E-state index is 5.67. The largest absolute Gasteiger partial charge is 0.402 e. The zero-order chi connectivity index (χ0) is 8.97. The molecule has 3 N–H and O–H groups in total. The van der Waals surface area contributed by atoms with Crippen molar-refractivity contribution in [3.63, 3.8) is 0 Å². The number of hydrogen-bond acceptors (Lipinski definition) is 2. The first-order valence-electron chi connectivity index (χ1n) is 4.28. The lowest BCUT2D eigenvalue weighted by atomic mass is 10.3. The minimum absolute atomic E-state index is 0.472. The Hall–Kier alpha value is -1.18. The van der Waals surface area contributed by atoms with Crippen molar-refractivity contribution in [2.24, 2.45) is 5.73 Å². The first-order chi connectivity index (χ1) is 5.68. The van der Waals surface area contributed by atoms with Crippen molar-refractivity contribution in [2.45, 2.75) is 26.3 Å². The lowest BCUT2D eigenvalue weighted by Crippen LogP contribution is -2.20. The van der Waals surface area contributed by atoms with Gasteiger partial charge in [0, 0.05) is 23.9 Å². The van der Waals surface area contributed by atoms with Gasteiger partial charge in [0.1, 0.15) is 0 Å². The van der Waals surface area contributed by atoms with E-state index < -0.39 is 0 Å². The summed E-state index contributed by atoms with van der Waals surface area (Å²) in [5.74, 6) is 0. The topological polar surface area (TPSA) is 38.0 Å². The molecule has 0 heterocycles. The summed E-state index contributed by atoms with van der Waals surface area (Å²) in [4.78, 5) is 0. The molecule has 0 radical (unpaired) electrons. The van der Waals surface area contributed by atoms with E-state index in [2.05, 4.69) is 25.2 Å². The van der Waals surface area contributed by atoms with Crippen LogP contribution in [0.1, 0.15) is 20.3 Å². The minimum Gasteiger partial charge on any atom is -0.402 e. The van der Waals surface area contributed by atoms with Gasteiger partial charge >= 0.3 is 0 Å². The van der Waals surface area contributed by atoms with Crippen LogP contribution in [-0.4, -0.2) is 6.04 Å². The highest BCUT2D eigenvalue weighted by molar-refractivity contribution is 5.28. The van der Waals surface area contributed by atoms with Crippen LogP contribution in [0.2, 0.25) is 0 Å². The standard InChI is InChI=1S/C10H16N2/c1-8(2)12-10-5-3-4-9(11)6-7-10/h3-5,7-8,12H,6,11H2,1-2H3. The molecule has 0 fully saturated rings. The SMILES string of the molecule is CC(C)NC1=CCC(N)=CC=C1. The number of hydrogen-bond donors (Lipinski definition) is 2. The highest BCUT2D eigenvalue weighted by Crippen LogP contribution is 2.06. The Kier molecular flexibility index (Phi) is 2.97. The zero-order valence-corrected chi connectivity index (χ0v) is 7.67. The maximum Gasteiger partial charge on any atom is 0.0305 e. The second-order valence-corrected chi connectivity index (χ2v) is 3.26. The smallest absolute Gasteiger partial charge is 0.0305 e. The summed E-state index contributed by atoms with van der Waals surface area (Å²) in [5.41, 5.74) is 7.73. The van der Waals surface area contributed by atoms with Gasteiger partial charge in [-0.2, -0.15) is 0 Å². The molecule has 1 rings (SSSR count). The molecule has 0 aromatic rings. The van der Waals surface area contributed by atoms with Gasteiger partial charge in [0.2, 0.25) is 0 Å². The number of nitrogens with two attached hydrogens (primary N) is 1. The van der Waals surface area contributed by atoms with Gasteiger partial charge in [0.05, 0.1) is 0 Å². The fourth-order valence-electron chi connectivity index (χ4n) is 1.08. The third kappa shape index (κ3) is 2.82. The predicted molar refractivity (Wildman–Crippen MR) is 52.4 cm³/mol. The van der Waals surface area contributed by atoms with E-state index in [9.17, 15) is 0 Å². The van der Waals surface area contributed by atoms with E-state index in [0.717, 1.165) is 17.8 Å². The quantitative estimate of drug-likeness (QED) is 0.651. The summed E-state index contributed by atoms with van der Waals surface area (Å²) < 4.78 is 0. The molecule has 0 aliphatic heterocycles. The van der Waals surface area contributed by atoms with Crippen LogP contribution in [0.5, 0.6) is 0 Å². The zero-order valence-electron chi connectivity index (χ0n) is 7.67. The van der Waals surface area contributed by atoms with Gasteiger partial charge < -0.3 is 11.1 Å². The summed E-state index contributed by atoms with van der Waals surface area (Å²) in [5, 5.41) is 3.33. The van der Waals surface area contributed by atoms with Crippen LogP contribution in [0.15, 0.2) is 35.7 Å². The first-order valence-corrected chi connectivity index (χ1v) is 4.28. The molecule has 0 bridgehead atoms. The molecular formula is C10H16N2. The number of allylic oxidation sites excluding steroid dienone is 4. The highest BCUT2D eigenvalue weighted by Gasteiger charge is 1.97. The number of nitrogens with one attached hydrogen (secondary N) is 1. The van der Waals surface area contributed by atoms with E-state index in [1.165, 1.54) is 0 Å². The van der Waals surface area contributed by atoms with Gasteiger partial charge in [-0.1, -0.05) is 12.2 Å². The molecule has 2 heteroatoms. The van der Waals surface area contributed by atoms with E-state index in [1.54, 1.807) is 0 Å². The number of rotatable bonds is 2. The average Bonchev–Trinajstić information content (AvgIpc) is 2.15. The summed E-state index contributed by atoms with van der Waals surface area (Å²) in [6.07, 6.45) is 8.90. The summed E-state index contributed by atoms with van der Waals surface area (Å²) >= 11 is 0. The van der Waals surface area contributed by atoms with Crippen molar-refractivity contribution in [1.29, 1.82) is 0 Å². The van der Waals surface area contributed by atoms with Crippen LogP contribution in [0.25, 0.3) is 0 Å². The summed E-state index contributed by atoms with van der Waals surface area (Å²) in [6, 6.07) is 0.472. The molecule has 0 unspecified atom stereocenters. The molecule has 0 aromatic heterocycles. The second kappa shape index (κ2) is 4.00. The molecule has 1 aliphatic carbocycles. The van der Waals surface area contributed by atoms with Crippen LogP contribution < -0.4 is 11.1 Å². The molecule has 12 heavy (non-hydrogen) atoms. The predicted octanol–water partition coefficient (Wildman–Crippen LogP) is 1.67. The van der Waals surface area contributed by atoms with Crippen molar-refractivity contribution >= 4 is 0 Å². The fraction of sp³-hybridized carbons (Fsp3) is 0.400. The van der Waals surface area contributed by atoms with E-state index in [-0.39, 0.29) is 0 Å². The molecule has 0 aromatic carbocycles. The van der Waals surface area contributed by atoms with Gasteiger partial charge in [-0.15, -0.1) is 0 Å². The Morgan fingerprint density at radius 1 is 1.50 bits per heavy atom. The third-order valence-corrected chi connectivity index (χ3v) is 1.60. The van der Waals surface area contributed by atoms with Crippen molar-refractivity contribution in [3.8, 4) is 0 Å². The Bertz CT molecular complexity index is 234. The van der Waals surface area contributed by atoms with Gasteiger partial charge in [0.25, 0.3) is 0 Å². The molecule has 66 valence electrons. The molecule has 0 spiro atoms. The van der Waals surface area contributed by atoms with Crippen LogP contribution in [0, 0.1) is 0 Å². The molecule has 0 saturated carbocycles. The maximum atomic E-state index is 5.67. The van der Waals surface area contributed by atoms with Gasteiger partial charge in [-0.05, 0) is 26.0 Å². The van der Waals surface area contributed by atoms with Crippen molar-refractivity contribution in [1.82, 2.24) is 5.32 Å². The Balaban J connectivity index is 2.58. The fourth-order valence-corrected chi connectivity index (χ4v) is 1.08. The van der Waals surface area contributed by atoms with Crippen LogP contribution in [0.4, 0.5) is 0 Å². The van der Waals surface area contributed by atoms with Crippen LogP contribution in [0.3, 0.4) is 0 Å².